The molecule has 4 heteroatoms. The van der Waals surface area contributed by atoms with Crippen LogP contribution in [0.4, 0.5) is 5.69 Å². The highest BCUT2D eigenvalue weighted by atomic mass is 16.5. The average molecular weight is 265 g/mol. The Balaban J connectivity index is 1.86. The van der Waals surface area contributed by atoms with Crippen LogP contribution in [0.3, 0.4) is 0 Å². The van der Waals surface area contributed by atoms with Crippen LogP contribution in [-0.4, -0.2) is 26.4 Å². The van der Waals surface area contributed by atoms with Gasteiger partial charge in [0.25, 0.3) is 0 Å². The standard InChI is InChI=1S/C15H23NO3/c1-17-12-4-3-5-13(9-12)19-10-11-6-7-15(18-2)14(16)8-11/h6-8,12-13H,3-5,9-10,16H2,1-2H3. The summed E-state index contributed by atoms with van der Waals surface area (Å²) in [5.41, 5.74) is 7.62. The SMILES string of the molecule is COc1ccc(COC2CCCC(OC)C2)cc1N. The van der Waals surface area contributed by atoms with Crippen LogP contribution in [0.25, 0.3) is 0 Å². The van der Waals surface area contributed by atoms with Crippen molar-refractivity contribution < 1.29 is 14.2 Å². The third-order valence-corrected chi connectivity index (χ3v) is 3.69. The summed E-state index contributed by atoms with van der Waals surface area (Å²) in [6.45, 7) is 0.593. The highest BCUT2D eigenvalue weighted by Gasteiger charge is 2.22. The molecular formula is C15H23NO3. The minimum absolute atomic E-state index is 0.294. The Kier molecular flexibility index (Phi) is 5.05. The van der Waals surface area contributed by atoms with Crippen molar-refractivity contribution in [1.29, 1.82) is 0 Å². The first-order valence-electron chi connectivity index (χ1n) is 6.79. The number of rotatable bonds is 5. The maximum Gasteiger partial charge on any atom is 0.141 e. The van der Waals surface area contributed by atoms with Crippen molar-refractivity contribution in [2.45, 2.75) is 44.5 Å². The fraction of sp³-hybridized carbons (Fsp3) is 0.600. The van der Waals surface area contributed by atoms with Gasteiger partial charge >= 0.3 is 0 Å². The molecule has 19 heavy (non-hydrogen) atoms. The molecular weight excluding hydrogens is 242 g/mol. The zero-order chi connectivity index (χ0) is 13.7. The quantitative estimate of drug-likeness (QED) is 0.832. The van der Waals surface area contributed by atoms with Gasteiger partial charge in [-0.15, -0.1) is 0 Å². The van der Waals surface area contributed by atoms with Gasteiger partial charge in [0.2, 0.25) is 0 Å². The fourth-order valence-electron chi connectivity index (χ4n) is 2.56. The van der Waals surface area contributed by atoms with Crippen molar-refractivity contribution >= 4 is 5.69 Å². The van der Waals surface area contributed by atoms with Crippen molar-refractivity contribution in [2.75, 3.05) is 20.0 Å². The summed E-state index contributed by atoms with van der Waals surface area (Å²) in [7, 11) is 3.39. The second kappa shape index (κ2) is 6.78. The van der Waals surface area contributed by atoms with Crippen molar-refractivity contribution in [2.24, 2.45) is 0 Å². The van der Waals surface area contributed by atoms with E-state index in [9.17, 15) is 0 Å². The molecule has 2 unspecified atom stereocenters. The molecule has 0 heterocycles. The van der Waals surface area contributed by atoms with E-state index in [1.165, 1.54) is 6.42 Å². The minimum Gasteiger partial charge on any atom is -0.495 e. The normalized spacial score (nSPS) is 23.3. The maximum atomic E-state index is 5.95. The fourth-order valence-corrected chi connectivity index (χ4v) is 2.56. The van der Waals surface area contributed by atoms with Crippen molar-refractivity contribution in [1.82, 2.24) is 0 Å². The second-order valence-corrected chi connectivity index (χ2v) is 5.03. The summed E-state index contributed by atoms with van der Waals surface area (Å²) in [5, 5.41) is 0. The number of nitrogen functional groups attached to an aromatic ring is 1. The van der Waals surface area contributed by atoms with E-state index in [1.807, 2.05) is 18.2 Å². The van der Waals surface area contributed by atoms with Crippen LogP contribution in [0.15, 0.2) is 18.2 Å². The summed E-state index contributed by atoms with van der Waals surface area (Å²) >= 11 is 0. The molecule has 0 aromatic heterocycles. The van der Waals surface area contributed by atoms with Crippen LogP contribution in [-0.2, 0) is 16.1 Å². The average Bonchev–Trinajstić information content (AvgIpc) is 2.45. The lowest BCUT2D eigenvalue weighted by Crippen LogP contribution is -2.27. The molecule has 2 N–H and O–H groups in total. The number of hydrogen-bond donors (Lipinski definition) is 1. The van der Waals surface area contributed by atoms with Gasteiger partial charge in [0.1, 0.15) is 5.75 Å². The van der Waals surface area contributed by atoms with Gasteiger partial charge in [-0.25, -0.2) is 0 Å². The molecule has 1 aromatic rings. The first kappa shape index (κ1) is 14.2. The van der Waals surface area contributed by atoms with Crippen molar-refractivity contribution in [3.05, 3.63) is 23.8 Å². The molecule has 2 atom stereocenters. The second-order valence-electron chi connectivity index (χ2n) is 5.03. The molecule has 0 radical (unpaired) electrons. The van der Waals surface area contributed by atoms with E-state index in [1.54, 1.807) is 14.2 Å². The van der Waals surface area contributed by atoms with Gasteiger partial charge in [-0.05, 0) is 43.4 Å². The molecule has 1 aliphatic rings. The van der Waals surface area contributed by atoms with Crippen LogP contribution in [0, 0.1) is 0 Å². The van der Waals surface area contributed by atoms with Crippen LogP contribution in [0.5, 0.6) is 5.75 Å². The Hall–Kier alpha value is -1.26. The number of benzene rings is 1. The molecule has 0 bridgehead atoms. The molecule has 1 aromatic carbocycles. The first-order valence-corrected chi connectivity index (χ1v) is 6.79. The van der Waals surface area contributed by atoms with E-state index in [2.05, 4.69) is 0 Å². The van der Waals surface area contributed by atoms with Gasteiger partial charge in [-0.2, -0.15) is 0 Å². The van der Waals surface area contributed by atoms with Gasteiger partial charge in [-0.3, -0.25) is 0 Å². The lowest BCUT2D eigenvalue weighted by molar-refractivity contribution is -0.0363. The Morgan fingerprint density at radius 1 is 1.21 bits per heavy atom. The molecule has 4 nitrogen and oxygen atoms in total. The highest BCUT2D eigenvalue weighted by molar-refractivity contribution is 5.54. The van der Waals surface area contributed by atoms with Gasteiger partial charge in [0, 0.05) is 7.11 Å². The van der Waals surface area contributed by atoms with Gasteiger partial charge < -0.3 is 19.9 Å². The summed E-state index contributed by atoms with van der Waals surface area (Å²) in [6, 6.07) is 5.79. The van der Waals surface area contributed by atoms with Gasteiger partial charge in [0.15, 0.2) is 0 Å². The van der Waals surface area contributed by atoms with Crippen LogP contribution >= 0.6 is 0 Å². The van der Waals surface area contributed by atoms with Crippen LogP contribution in [0.2, 0.25) is 0 Å². The highest BCUT2D eigenvalue weighted by Crippen LogP contribution is 2.26. The summed E-state index contributed by atoms with van der Waals surface area (Å²) in [6.07, 6.45) is 5.06. The number of ether oxygens (including phenoxy) is 3. The summed E-state index contributed by atoms with van der Waals surface area (Å²) < 4.78 is 16.5. The van der Waals surface area contributed by atoms with Gasteiger partial charge in [-0.1, -0.05) is 6.07 Å². The van der Waals surface area contributed by atoms with Crippen molar-refractivity contribution in [3.8, 4) is 5.75 Å². The van der Waals surface area contributed by atoms with E-state index in [0.717, 1.165) is 24.8 Å². The van der Waals surface area contributed by atoms with E-state index >= 15 is 0 Å². The molecule has 2 rings (SSSR count). The van der Waals surface area contributed by atoms with Crippen LogP contribution in [0.1, 0.15) is 31.2 Å². The zero-order valence-electron chi connectivity index (χ0n) is 11.7. The number of anilines is 1. The lowest BCUT2D eigenvalue weighted by atomic mass is 9.95. The summed E-state index contributed by atoms with van der Waals surface area (Å²) in [4.78, 5) is 0. The first-order chi connectivity index (χ1) is 9.22. The third-order valence-electron chi connectivity index (χ3n) is 3.69. The Labute approximate surface area is 114 Å². The van der Waals surface area contributed by atoms with E-state index < -0.39 is 0 Å². The smallest absolute Gasteiger partial charge is 0.141 e. The lowest BCUT2D eigenvalue weighted by Gasteiger charge is -2.28. The molecule has 0 amide bonds. The minimum atomic E-state index is 0.294. The van der Waals surface area contributed by atoms with Crippen molar-refractivity contribution in [3.63, 3.8) is 0 Å². The Morgan fingerprint density at radius 3 is 2.68 bits per heavy atom. The predicted molar refractivity (Wildman–Crippen MR) is 75.2 cm³/mol. The van der Waals surface area contributed by atoms with E-state index in [-0.39, 0.29) is 0 Å². The number of hydrogen-bond acceptors (Lipinski definition) is 4. The Bertz CT molecular complexity index is 408. The molecule has 0 saturated heterocycles. The number of methoxy groups -OCH3 is 2. The Morgan fingerprint density at radius 2 is 2.00 bits per heavy atom. The monoisotopic (exact) mass is 265 g/mol. The molecule has 0 aliphatic heterocycles. The molecule has 1 aliphatic carbocycles. The maximum absolute atomic E-state index is 5.95. The number of nitrogens with two attached hydrogens (primary N) is 1. The molecule has 1 saturated carbocycles. The topological polar surface area (TPSA) is 53.7 Å². The zero-order valence-corrected chi connectivity index (χ0v) is 11.7. The third kappa shape index (κ3) is 3.85. The van der Waals surface area contributed by atoms with E-state index in [0.29, 0.717) is 30.3 Å². The molecule has 106 valence electrons. The molecule has 1 fully saturated rings. The van der Waals surface area contributed by atoms with Crippen LogP contribution < -0.4 is 10.5 Å². The predicted octanol–water partition coefficient (Wildman–Crippen LogP) is 2.75. The van der Waals surface area contributed by atoms with Gasteiger partial charge in [0.05, 0.1) is 31.6 Å². The molecule has 0 spiro atoms. The van der Waals surface area contributed by atoms with E-state index in [4.69, 9.17) is 19.9 Å². The summed E-state index contributed by atoms with van der Waals surface area (Å²) in [5.74, 6) is 0.709. The largest absolute Gasteiger partial charge is 0.495 e.